The van der Waals surface area contributed by atoms with Gasteiger partial charge in [0.2, 0.25) is 0 Å². The highest BCUT2D eigenvalue weighted by atomic mass is 32.2. The molecule has 0 fully saturated rings. The average Bonchev–Trinajstić information content (AvgIpc) is 2.87. The number of nitrogens with one attached hydrogen (secondary N) is 1. The summed E-state index contributed by atoms with van der Waals surface area (Å²) in [6.45, 7) is 4.26. The molecule has 0 bridgehead atoms. The largest absolute Gasteiger partial charge is 0.361 e. The van der Waals surface area contributed by atoms with Gasteiger partial charge in [-0.25, -0.2) is 4.79 Å². The Hall–Kier alpha value is -1.95. The number of aromatic nitrogens is 1. The molecule has 0 spiro atoms. The molecule has 6 heteroatoms. The van der Waals surface area contributed by atoms with Crippen molar-refractivity contribution in [2.75, 3.05) is 12.8 Å². The predicted octanol–water partition coefficient (Wildman–Crippen LogP) is 3.67. The number of urea groups is 1. The van der Waals surface area contributed by atoms with Gasteiger partial charge in [-0.2, -0.15) is 0 Å². The van der Waals surface area contributed by atoms with Crippen LogP contribution >= 0.6 is 11.8 Å². The highest BCUT2D eigenvalue weighted by molar-refractivity contribution is 7.99. The van der Waals surface area contributed by atoms with E-state index in [0.29, 0.717) is 6.54 Å². The summed E-state index contributed by atoms with van der Waals surface area (Å²) >= 11 is 1.85. The van der Waals surface area contributed by atoms with Crippen LogP contribution in [-0.2, 0) is 6.54 Å². The molecule has 122 valence electrons. The number of hydrogen-bond acceptors (Lipinski definition) is 4. The van der Waals surface area contributed by atoms with E-state index < -0.39 is 0 Å². The summed E-state index contributed by atoms with van der Waals surface area (Å²) in [6, 6.07) is 8.28. The predicted molar refractivity (Wildman–Crippen MR) is 90.5 cm³/mol. The van der Waals surface area contributed by atoms with E-state index >= 15 is 0 Å². The van der Waals surface area contributed by atoms with Crippen molar-refractivity contribution in [3.8, 4) is 0 Å². The van der Waals surface area contributed by atoms with Crippen LogP contribution in [0.3, 0.4) is 0 Å². The Bertz CT molecular complexity index is 694. The van der Waals surface area contributed by atoms with Crippen LogP contribution < -0.4 is 5.32 Å². The third-order valence-electron chi connectivity index (χ3n) is 4.18. The van der Waals surface area contributed by atoms with Crippen LogP contribution in [0.15, 0.2) is 33.7 Å². The number of carbonyl (C=O) groups is 1. The highest BCUT2D eigenvalue weighted by Gasteiger charge is 2.24. The molecular weight excluding hydrogens is 310 g/mol. The van der Waals surface area contributed by atoms with Crippen LogP contribution in [0.5, 0.6) is 0 Å². The zero-order valence-corrected chi connectivity index (χ0v) is 14.4. The molecule has 1 aromatic carbocycles. The zero-order chi connectivity index (χ0) is 16.4. The Morgan fingerprint density at radius 2 is 2.22 bits per heavy atom. The van der Waals surface area contributed by atoms with Gasteiger partial charge in [0.15, 0.2) is 0 Å². The standard InChI is InChI=1S/C17H21N3O2S/c1-11-14(12(2)22-19-11)10-20(3)17(21)18-15-8-9-23-16-7-5-4-6-13(15)16/h4-7,15H,8-10H2,1-3H3,(H,18,21)/t15-/m0/s1. The van der Waals surface area contributed by atoms with Crippen molar-refractivity contribution in [1.82, 2.24) is 15.4 Å². The van der Waals surface area contributed by atoms with E-state index in [0.717, 1.165) is 29.2 Å². The first-order valence-corrected chi connectivity index (χ1v) is 8.70. The van der Waals surface area contributed by atoms with Gasteiger partial charge in [0.1, 0.15) is 5.76 Å². The SMILES string of the molecule is Cc1noc(C)c1CN(C)C(=O)N[C@H]1CCSc2ccccc21. The van der Waals surface area contributed by atoms with E-state index in [1.54, 1.807) is 11.9 Å². The lowest BCUT2D eigenvalue weighted by molar-refractivity contribution is 0.202. The quantitative estimate of drug-likeness (QED) is 0.932. The Labute approximate surface area is 140 Å². The maximum Gasteiger partial charge on any atom is 0.317 e. The number of benzene rings is 1. The Balaban J connectivity index is 1.68. The molecular formula is C17H21N3O2S. The third-order valence-corrected chi connectivity index (χ3v) is 5.30. The second kappa shape index (κ2) is 6.66. The molecule has 5 nitrogen and oxygen atoms in total. The number of amides is 2. The van der Waals surface area contributed by atoms with E-state index in [2.05, 4.69) is 22.6 Å². The summed E-state index contributed by atoms with van der Waals surface area (Å²) in [5, 5.41) is 7.09. The number of aryl methyl sites for hydroxylation is 2. The summed E-state index contributed by atoms with van der Waals surface area (Å²) in [5.74, 6) is 1.79. The number of thioether (sulfide) groups is 1. The van der Waals surface area contributed by atoms with E-state index in [1.807, 2.05) is 37.7 Å². The molecule has 2 aromatic rings. The first-order chi connectivity index (χ1) is 11.1. The van der Waals surface area contributed by atoms with Gasteiger partial charge in [0, 0.05) is 23.3 Å². The normalized spacial score (nSPS) is 16.7. The van der Waals surface area contributed by atoms with Crippen LogP contribution in [0, 0.1) is 13.8 Å². The van der Waals surface area contributed by atoms with Crippen molar-refractivity contribution >= 4 is 17.8 Å². The molecule has 1 N–H and O–H groups in total. The molecule has 23 heavy (non-hydrogen) atoms. The maximum atomic E-state index is 12.5. The summed E-state index contributed by atoms with van der Waals surface area (Å²) in [7, 11) is 1.80. The van der Waals surface area contributed by atoms with Gasteiger partial charge in [-0.1, -0.05) is 23.4 Å². The van der Waals surface area contributed by atoms with E-state index in [-0.39, 0.29) is 12.1 Å². The molecule has 0 radical (unpaired) electrons. The molecule has 1 atom stereocenters. The lowest BCUT2D eigenvalue weighted by Crippen LogP contribution is -2.40. The number of rotatable bonds is 3. The van der Waals surface area contributed by atoms with E-state index in [4.69, 9.17) is 4.52 Å². The minimum Gasteiger partial charge on any atom is -0.361 e. The molecule has 2 heterocycles. The Morgan fingerprint density at radius 1 is 1.43 bits per heavy atom. The van der Waals surface area contributed by atoms with E-state index in [1.165, 1.54) is 10.5 Å². The molecule has 0 saturated heterocycles. The smallest absolute Gasteiger partial charge is 0.317 e. The molecule has 0 unspecified atom stereocenters. The first-order valence-electron chi connectivity index (χ1n) is 7.71. The van der Waals surface area contributed by atoms with Crippen LogP contribution in [0.4, 0.5) is 4.79 Å². The molecule has 3 rings (SSSR count). The second-order valence-corrected chi connectivity index (χ2v) is 6.97. The maximum absolute atomic E-state index is 12.5. The summed E-state index contributed by atoms with van der Waals surface area (Å²) in [4.78, 5) is 15.5. The van der Waals surface area contributed by atoms with Gasteiger partial charge in [0.05, 0.1) is 18.3 Å². The molecule has 0 saturated carbocycles. The number of fused-ring (bicyclic) bond motifs is 1. The van der Waals surface area contributed by atoms with Crippen molar-refractivity contribution in [2.45, 2.75) is 37.8 Å². The van der Waals surface area contributed by atoms with Crippen LogP contribution in [0.1, 0.15) is 35.0 Å². The van der Waals surface area contributed by atoms with Gasteiger partial charge in [-0.3, -0.25) is 0 Å². The molecule has 2 amide bonds. The van der Waals surface area contributed by atoms with Gasteiger partial charge >= 0.3 is 6.03 Å². The van der Waals surface area contributed by atoms with Crippen molar-refractivity contribution in [3.63, 3.8) is 0 Å². The topological polar surface area (TPSA) is 58.4 Å². The fourth-order valence-corrected chi connectivity index (χ4v) is 3.91. The summed E-state index contributed by atoms with van der Waals surface area (Å²) in [6.07, 6.45) is 0.951. The lowest BCUT2D eigenvalue weighted by atomic mass is 10.0. The van der Waals surface area contributed by atoms with Crippen molar-refractivity contribution in [2.24, 2.45) is 0 Å². The zero-order valence-electron chi connectivity index (χ0n) is 13.6. The first kappa shape index (κ1) is 15.9. The minimum absolute atomic E-state index is 0.0725. The van der Waals surface area contributed by atoms with Crippen LogP contribution in [-0.4, -0.2) is 28.9 Å². The highest BCUT2D eigenvalue weighted by Crippen LogP contribution is 2.35. The minimum atomic E-state index is -0.0725. The monoisotopic (exact) mass is 331 g/mol. The second-order valence-electron chi connectivity index (χ2n) is 5.84. The fourth-order valence-electron chi connectivity index (χ4n) is 2.79. The molecule has 1 aliphatic rings. The third kappa shape index (κ3) is 3.37. The summed E-state index contributed by atoms with van der Waals surface area (Å²) in [5.41, 5.74) is 3.02. The van der Waals surface area contributed by atoms with Crippen molar-refractivity contribution < 1.29 is 9.32 Å². The Kier molecular flexibility index (Phi) is 4.61. The van der Waals surface area contributed by atoms with Crippen LogP contribution in [0.2, 0.25) is 0 Å². The molecule has 1 aromatic heterocycles. The van der Waals surface area contributed by atoms with Gasteiger partial charge in [-0.05, 0) is 31.9 Å². The number of carbonyl (C=O) groups excluding carboxylic acids is 1. The van der Waals surface area contributed by atoms with Gasteiger partial charge < -0.3 is 14.7 Å². The van der Waals surface area contributed by atoms with E-state index in [9.17, 15) is 4.79 Å². The van der Waals surface area contributed by atoms with Crippen LogP contribution in [0.25, 0.3) is 0 Å². The lowest BCUT2D eigenvalue weighted by Gasteiger charge is -2.28. The molecule has 1 aliphatic heterocycles. The van der Waals surface area contributed by atoms with Crippen molar-refractivity contribution in [3.05, 3.63) is 46.8 Å². The van der Waals surface area contributed by atoms with Gasteiger partial charge in [-0.15, -0.1) is 11.8 Å². The number of nitrogens with zero attached hydrogens (tertiary/aromatic N) is 2. The molecule has 0 aliphatic carbocycles. The number of hydrogen-bond donors (Lipinski definition) is 1. The van der Waals surface area contributed by atoms with Gasteiger partial charge in [0.25, 0.3) is 0 Å². The average molecular weight is 331 g/mol. The fraction of sp³-hybridized carbons (Fsp3) is 0.412. The van der Waals surface area contributed by atoms with Crippen molar-refractivity contribution in [1.29, 1.82) is 0 Å². The summed E-state index contributed by atoms with van der Waals surface area (Å²) < 4.78 is 5.16. The Morgan fingerprint density at radius 3 is 2.96 bits per heavy atom.